The summed E-state index contributed by atoms with van der Waals surface area (Å²) >= 11 is 0. The summed E-state index contributed by atoms with van der Waals surface area (Å²) in [5.74, 6) is -3.24. The molecule has 0 aliphatic heterocycles. The van der Waals surface area contributed by atoms with E-state index < -0.39 is 27.9 Å². The van der Waals surface area contributed by atoms with E-state index in [1.807, 2.05) is 0 Å². The minimum absolute atomic E-state index is 0.0703. The Morgan fingerprint density at radius 2 is 1.90 bits per heavy atom. The minimum Gasteiger partial charge on any atom is -0.481 e. The Morgan fingerprint density at radius 3 is 2.35 bits per heavy atom. The van der Waals surface area contributed by atoms with Gasteiger partial charge in [0.15, 0.2) is 0 Å². The van der Waals surface area contributed by atoms with Crippen LogP contribution < -0.4 is 4.31 Å². The Bertz CT molecular complexity index is 625. The largest absolute Gasteiger partial charge is 0.481 e. The maximum Gasteiger partial charge on any atom is 0.335 e. The average molecular weight is 301 g/mol. The van der Waals surface area contributed by atoms with E-state index in [9.17, 15) is 18.0 Å². The quantitative estimate of drug-likeness (QED) is 0.806. The number of carboxylic acids is 2. The molecule has 1 aromatic carbocycles. The van der Waals surface area contributed by atoms with Gasteiger partial charge in [0.2, 0.25) is 10.0 Å². The minimum atomic E-state index is -3.71. The fourth-order valence-corrected chi connectivity index (χ4v) is 2.54. The van der Waals surface area contributed by atoms with Gasteiger partial charge in [-0.15, -0.1) is 0 Å². The van der Waals surface area contributed by atoms with E-state index in [1.54, 1.807) is 0 Å². The molecule has 1 rings (SSSR count). The summed E-state index contributed by atoms with van der Waals surface area (Å²) in [5, 5.41) is 17.8. The maximum atomic E-state index is 11.8. The highest BCUT2D eigenvalue weighted by Crippen LogP contribution is 2.20. The van der Waals surface area contributed by atoms with Crippen molar-refractivity contribution in [3.63, 3.8) is 0 Å². The van der Waals surface area contributed by atoms with Gasteiger partial charge in [-0.05, 0) is 18.2 Å². The van der Waals surface area contributed by atoms with Crippen molar-refractivity contribution in [2.24, 2.45) is 5.92 Å². The summed E-state index contributed by atoms with van der Waals surface area (Å²) < 4.78 is 24.4. The third-order valence-electron chi connectivity index (χ3n) is 2.64. The van der Waals surface area contributed by atoms with Crippen LogP contribution in [0.5, 0.6) is 0 Å². The lowest BCUT2D eigenvalue weighted by Gasteiger charge is -2.24. The van der Waals surface area contributed by atoms with E-state index in [2.05, 4.69) is 0 Å². The third kappa shape index (κ3) is 3.95. The third-order valence-corrected chi connectivity index (χ3v) is 3.80. The molecule has 8 heteroatoms. The second-order valence-electron chi connectivity index (χ2n) is 4.39. The molecule has 0 amide bonds. The number of hydrogen-bond acceptors (Lipinski definition) is 4. The molecule has 0 saturated carbocycles. The Hall–Kier alpha value is -2.09. The van der Waals surface area contributed by atoms with Crippen LogP contribution in [0.2, 0.25) is 0 Å². The van der Waals surface area contributed by atoms with Crippen LogP contribution in [-0.4, -0.2) is 43.4 Å². The molecule has 0 aliphatic carbocycles. The highest BCUT2D eigenvalue weighted by molar-refractivity contribution is 7.92. The number of carbonyl (C=O) groups is 2. The number of hydrogen-bond donors (Lipinski definition) is 2. The summed E-state index contributed by atoms with van der Waals surface area (Å²) in [7, 11) is -3.71. The van der Waals surface area contributed by atoms with Crippen molar-refractivity contribution in [1.82, 2.24) is 0 Å². The average Bonchev–Trinajstić information content (AvgIpc) is 2.34. The molecule has 7 nitrogen and oxygen atoms in total. The lowest BCUT2D eigenvalue weighted by atomic mass is 10.1. The van der Waals surface area contributed by atoms with Gasteiger partial charge in [-0.2, -0.15) is 0 Å². The fraction of sp³-hybridized carbons (Fsp3) is 0.333. The Kier molecular flexibility index (Phi) is 4.72. The van der Waals surface area contributed by atoms with Crippen LogP contribution in [0, 0.1) is 5.92 Å². The molecular formula is C12H15NO6S. The second-order valence-corrected chi connectivity index (χ2v) is 6.30. The van der Waals surface area contributed by atoms with Crippen molar-refractivity contribution >= 4 is 27.6 Å². The lowest BCUT2D eigenvalue weighted by molar-refractivity contribution is -0.140. The smallest absolute Gasteiger partial charge is 0.335 e. The predicted octanol–water partition coefficient (Wildman–Crippen LogP) is 0.871. The Morgan fingerprint density at radius 1 is 1.30 bits per heavy atom. The standard InChI is InChI=1S/C12H15NO6S/c1-8(11(14)15)7-13(20(2,18)19)10-5-3-4-9(6-10)12(16)17/h3-6,8H,7H2,1-2H3,(H,14,15)(H,16,17). The molecule has 0 aliphatic rings. The van der Waals surface area contributed by atoms with Gasteiger partial charge < -0.3 is 10.2 Å². The van der Waals surface area contributed by atoms with E-state index in [4.69, 9.17) is 10.2 Å². The van der Waals surface area contributed by atoms with Crippen molar-refractivity contribution in [2.75, 3.05) is 17.1 Å². The molecule has 1 unspecified atom stereocenters. The first-order chi connectivity index (χ1) is 9.12. The van der Waals surface area contributed by atoms with E-state index in [0.29, 0.717) is 0 Å². The lowest BCUT2D eigenvalue weighted by Crippen LogP contribution is -2.36. The molecule has 0 heterocycles. The summed E-state index contributed by atoms with van der Waals surface area (Å²) in [5.41, 5.74) is 0.0552. The predicted molar refractivity (Wildman–Crippen MR) is 72.4 cm³/mol. The van der Waals surface area contributed by atoms with Gasteiger partial charge in [0.05, 0.1) is 23.4 Å². The molecular weight excluding hydrogens is 286 g/mol. The van der Waals surface area contributed by atoms with Gasteiger partial charge in [-0.1, -0.05) is 13.0 Å². The molecule has 0 bridgehead atoms. The van der Waals surface area contributed by atoms with E-state index >= 15 is 0 Å². The first-order valence-electron chi connectivity index (χ1n) is 5.67. The molecule has 0 aromatic heterocycles. The van der Waals surface area contributed by atoms with Gasteiger partial charge >= 0.3 is 11.9 Å². The van der Waals surface area contributed by atoms with Crippen LogP contribution in [0.15, 0.2) is 24.3 Å². The van der Waals surface area contributed by atoms with E-state index in [-0.39, 0.29) is 17.8 Å². The summed E-state index contributed by atoms with van der Waals surface area (Å²) in [4.78, 5) is 21.7. The number of rotatable bonds is 6. The number of carboxylic acid groups (broad SMARTS) is 2. The monoisotopic (exact) mass is 301 g/mol. The SMILES string of the molecule is CC(CN(c1cccc(C(=O)O)c1)S(C)(=O)=O)C(=O)O. The van der Waals surface area contributed by atoms with Crippen LogP contribution in [0.3, 0.4) is 0 Å². The molecule has 1 aromatic rings. The maximum absolute atomic E-state index is 11.8. The van der Waals surface area contributed by atoms with Crippen LogP contribution >= 0.6 is 0 Å². The van der Waals surface area contributed by atoms with Gasteiger partial charge in [0.1, 0.15) is 0 Å². The van der Waals surface area contributed by atoms with Gasteiger partial charge in [-0.25, -0.2) is 13.2 Å². The summed E-state index contributed by atoms with van der Waals surface area (Å²) in [6.07, 6.45) is 0.939. The van der Waals surface area contributed by atoms with Crippen LogP contribution in [0.25, 0.3) is 0 Å². The Labute approximate surface area is 116 Å². The first-order valence-corrected chi connectivity index (χ1v) is 7.51. The number of aromatic carboxylic acids is 1. The van der Waals surface area contributed by atoms with Crippen molar-refractivity contribution in [3.05, 3.63) is 29.8 Å². The van der Waals surface area contributed by atoms with Crippen LogP contribution in [-0.2, 0) is 14.8 Å². The molecule has 1 atom stereocenters. The highest BCUT2D eigenvalue weighted by atomic mass is 32.2. The number of nitrogens with zero attached hydrogens (tertiary/aromatic N) is 1. The van der Waals surface area contributed by atoms with Gasteiger partial charge in [-0.3, -0.25) is 9.10 Å². The molecule has 2 N–H and O–H groups in total. The zero-order valence-corrected chi connectivity index (χ0v) is 11.8. The van der Waals surface area contributed by atoms with Crippen molar-refractivity contribution in [2.45, 2.75) is 6.92 Å². The second kappa shape index (κ2) is 5.91. The van der Waals surface area contributed by atoms with Crippen LogP contribution in [0.1, 0.15) is 17.3 Å². The molecule has 0 fully saturated rings. The van der Waals surface area contributed by atoms with Gasteiger partial charge in [0, 0.05) is 6.54 Å². The van der Waals surface area contributed by atoms with Crippen molar-refractivity contribution in [1.29, 1.82) is 0 Å². The zero-order chi connectivity index (χ0) is 15.5. The van der Waals surface area contributed by atoms with Crippen molar-refractivity contribution < 1.29 is 28.2 Å². The number of benzene rings is 1. The van der Waals surface area contributed by atoms with E-state index in [0.717, 1.165) is 10.6 Å². The molecule has 110 valence electrons. The topological polar surface area (TPSA) is 112 Å². The molecule has 0 spiro atoms. The van der Waals surface area contributed by atoms with E-state index in [1.165, 1.54) is 31.2 Å². The normalized spacial score (nSPS) is 12.7. The number of anilines is 1. The number of aliphatic carboxylic acids is 1. The first kappa shape index (κ1) is 16.0. The molecule has 0 saturated heterocycles. The van der Waals surface area contributed by atoms with Gasteiger partial charge in [0.25, 0.3) is 0 Å². The van der Waals surface area contributed by atoms with Crippen molar-refractivity contribution in [3.8, 4) is 0 Å². The van der Waals surface area contributed by atoms with Crippen LogP contribution in [0.4, 0.5) is 5.69 Å². The number of sulfonamides is 1. The Balaban J connectivity index is 3.22. The fourth-order valence-electron chi connectivity index (χ4n) is 1.55. The molecule has 20 heavy (non-hydrogen) atoms. The highest BCUT2D eigenvalue weighted by Gasteiger charge is 2.24. The molecule has 0 radical (unpaired) electrons. The summed E-state index contributed by atoms with van der Waals surface area (Å²) in [6, 6.07) is 5.34. The summed E-state index contributed by atoms with van der Waals surface area (Å²) in [6.45, 7) is 1.11. The zero-order valence-electron chi connectivity index (χ0n) is 11.0.